The van der Waals surface area contributed by atoms with Gasteiger partial charge in [-0.2, -0.15) is 0 Å². The van der Waals surface area contributed by atoms with Gasteiger partial charge in [0.15, 0.2) is 6.10 Å². The quantitative estimate of drug-likeness (QED) is 0.0211. The summed E-state index contributed by atoms with van der Waals surface area (Å²) in [6.07, 6.45) is 64.4. The van der Waals surface area contributed by atoms with Crippen LogP contribution in [0.1, 0.15) is 258 Å². The average Bonchev–Trinajstić information content (AvgIpc) is 3.34. The van der Waals surface area contributed by atoms with Crippen molar-refractivity contribution in [3.8, 4) is 0 Å². The van der Waals surface area contributed by atoms with Gasteiger partial charge < -0.3 is 28.5 Å². The van der Waals surface area contributed by atoms with Crippen molar-refractivity contribution in [3.63, 3.8) is 0 Å². The largest absolute Gasteiger partial charge is 0.477 e. The summed E-state index contributed by atoms with van der Waals surface area (Å²) in [4.78, 5) is 37.4. The molecule has 0 amide bonds. The fourth-order valence-electron chi connectivity index (χ4n) is 8.28. The summed E-state index contributed by atoms with van der Waals surface area (Å²) in [6.45, 7) is 4.79. The molecule has 2 atom stereocenters. The van der Waals surface area contributed by atoms with Gasteiger partial charge in [-0.25, -0.2) is 4.79 Å². The van der Waals surface area contributed by atoms with Crippen molar-refractivity contribution < 1.29 is 42.9 Å². The van der Waals surface area contributed by atoms with Gasteiger partial charge in [-0.05, 0) is 57.8 Å². The van der Waals surface area contributed by atoms with Crippen molar-refractivity contribution in [3.05, 3.63) is 60.8 Å². The van der Waals surface area contributed by atoms with Crippen molar-refractivity contribution in [2.75, 3.05) is 47.5 Å². The van der Waals surface area contributed by atoms with E-state index < -0.39 is 24.3 Å². The molecular formula is C62H112NO8+. The number of quaternary nitrogens is 1. The van der Waals surface area contributed by atoms with Crippen LogP contribution in [0.15, 0.2) is 60.8 Å². The molecule has 0 radical (unpaired) electrons. The van der Waals surface area contributed by atoms with E-state index in [0.29, 0.717) is 17.4 Å². The summed E-state index contributed by atoms with van der Waals surface area (Å²) in [7, 11) is 5.97. The number of ether oxygens (including phenoxy) is 4. The second kappa shape index (κ2) is 53.3. The van der Waals surface area contributed by atoms with Gasteiger partial charge >= 0.3 is 17.9 Å². The molecule has 0 bridgehead atoms. The van der Waals surface area contributed by atoms with Crippen LogP contribution in [-0.4, -0.2) is 87.4 Å². The molecule has 0 aromatic rings. The first-order valence-electron chi connectivity index (χ1n) is 29.5. The molecule has 0 saturated heterocycles. The lowest BCUT2D eigenvalue weighted by Crippen LogP contribution is -2.40. The molecule has 0 aromatic carbocycles. The van der Waals surface area contributed by atoms with Crippen LogP contribution in [0.4, 0.5) is 0 Å². The number of carbonyl (C=O) groups is 3. The van der Waals surface area contributed by atoms with Gasteiger partial charge in [0.25, 0.3) is 6.29 Å². The number of hydrogen-bond donors (Lipinski definition) is 1. The minimum atomic E-state index is -1.51. The summed E-state index contributed by atoms with van der Waals surface area (Å²) >= 11 is 0. The molecule has 0 fully saturated rings. The third-order valence-electron chi connectivity index (χ3n) is 12.8. The predicted octanol–water partition coefficient (Wildman–Crippen LogP) is 17.2. The zero-order chi connectivity index (χ0) is 52.0. The summed E-state index contributed by atoms with van der Waals surface area (Å²) in [5.41, 5.74) is 0. The van der Waals surface area contributed by atoms with Gasteiger partial charge in [-0.3, -0.25) is 9.59 Å². The first-order valence-corrected chi connectivity index (χ1v) is 29.5. The molecular weight excluding hydrogens is 887 g/mol. The normalized spacial score (nSPS) is 13.2. The molecule has 0 heterocycles. The summed E-state index contributed by atoms with van der Waals surface area (Å²) in [6, 6.07) is 0. The number of esters is 2. The maximum absolute atomic E-state index is 12.9. The van der Waals surface area contributed by atoms with Gasteiger partial charge in [-0.1, -0.05) is 248 Å². The van der Waals surface area contributed by atoms with E-state index in [4.69, 9.17) is 18.9 Å². The highest BCUT2D eigenvalue weighted by Gasteiger charge is 2.25. The second-order valence-electron chi connectivity index (χ2n) is 20.9. The number of nitrogens with zero attached hydrogens (tertiary/aromatic N) is 1. The van der Waals surface area contributed by atoms with Crippen molar-refractivity contribution in [1.29, 1.82) is 0 Å². The molecule has 9 heteroatoms. The van der Waals surface area contributed by atoms with Crippen molar-refractivity contribution in [2.24, 2.45) is 0 Å². The third-order valence-corrected chi connectivity index (χ3v) is 12.8. The van der Waals surface area contributed by atoms with Gasteiger partial charge in [0.1, 0.15) is 13.2 Å². The maximum Gasteiger partial charge on any atom is 0.361 e. The second-order valence-corrected chi connectivity index (χ2v) is 20.9. The van der Waals surface area contributed by atoms with Crippen LogP contribution in [0.2, 0.25) is 0 Å². The van der Waals surface area contributed by atoms with Crippen LogP contribution < -0.4 is 0 Å². The highest BCUT2D eigenvalue weighted by atomic mass is 16.7. The fourth-order valence-corrected chi connectivity index (χ4v) is 8.28. The van der Waals surface area contributed by atoms with Crippen molar-refractivity contribution in [2.45, 2.75) is 270 Å². The van der Waals surface area contributed by atoms with Crippen LogP contribution >= 0.6 is 0 Å². The molecule has 0 saturated carbocycles. The Bertz CT molecular complexity index is 1350. The Kier molecular flexibility index (Phi) is 51.0. The molecule has 71 heavy (non-hydrogen) atoms. The maximum atomic E-state index is 12.9. The standard InChI is InChI=1S/C62H111NO8/c1-6-8-10-12-14-16-18-20-22-24-26-27-28-29-30-31-32-33-35-37-39-41-43-45-47-49-51-53-60(65)71-58(57-70-62(61(66)67)68-55-54-63(3,4)5)56-69-59(64)52-50-48-46-44-42-40-38-36-34-25-23-21-19-17-15-13-11-9-7-2/h8,10,14,16,20,22,26-27,29-30,58,62H,6-7,9,11-13,15,17-19,21,23-25,28,31-57H2,1-5H3/p+1/b10-8-,16-14-,22-20-,27-26-,30-29-. The van der Waals surface area contributed by atoms with E-state index in [1.165, 1.54) is 154 Å². The van der Waals surface area contributed by atoms with Crippen molar-refractivity contribution >= 4 is 17.9 Å². The first kappa shape index (κ1) is 68.0. The highest BCUT2D eigenvalue weighted by Crippen LogP contribution is 2.17. The molecule has 0 rings (SSSR count). The van der Waals surface area contributed by atoms with Gasteiger partial charge in [0.05, 0.1) is 34.4 Å². The van der Waals surface area contributed by atoms with Crippen LogP contribution in [0.25, 0.3) is 0 Å². The number of allylic oxidation sites excluding steroid dienone is 10. The number of likely N-dealkylation sites (N-methyl/N-ethyl adjacent to an activating group) is 1. The lowest BCUT2D eigenvalue weighted by atomic mass is 10.0. The van der Waals surface area contributed by atoms with Crippen LogP contribution in [0.5, 0.6) is 0 Å². The minimum Gasteiger partial charge on any atom is -0.477 e. The number of rotatable bonds is 54. The topological polar surface area (TPSA) is 108 Å². The van der Waals surface area contributed by atoms with Gasteiger partial charge in [-0.15, -0.1) is 0 Å². The monoisotopic (exact) mass is 999 g/mol. The summed E-state index contributed by atoms with van der Waals surface area (Å²) in [5, 5.41) is 9.70. The predicted molar refractivity (Wildman–Crippen MR) is 300 cm³/mol. The van der Waals surface area contributed by atoms with E-state index in [0.717, 1.165) is 77.0 Å². The fraction of sp³-hybridized carbons (Fsp3) is 0.790. The summed E-state index contributed by atoms with van der Waals surface area (Å²) in [5.74, 6) is -2.00. The number of carboxylic acid groups (broad SMARTS) is 1. The average molecular weight is 1000 g/mol. The zero-order valence-corrected chi connectivity index (χ0v) is 46.9. The Morgan fingerprint density at radius 2 is 0.803 bits per heavy atom. The van der Waals surface area contributed by atoms with Gasteiger partial charge in [0.2, 0.25) is 0 Å². The first-order chi connectivity index (χ1) is 34.6. The third kappa shape index (κ3) is 54.6. The number of carboxylic acids is 1. The molecule has 0 spiro atoms. The Morgan fingerprint density at radius 3 is 1.20 bits per heavy atom. The molecule has 2 unspecified atom stereocenters. The van der Waals surface area contributed by atoms with E-state index in [2.05, 4.69) is 74.6 Å². The van der Waals surface area contributed by atoms with Crippen molar-refractivity contribution in [1.82, 2.24) is 0 Å². The van der Waals surface area contributed by atoms with E-state index >= 15 is 0 Å². The molecule has 0 aliphatic rings. The van der Waals surface area contributed by atoms with E-state index in [-0.39, 0.29) is 32.2 Å². The van der Waals surface area contributed by atoms with Gasteiger partial charge in [0, 0.05) is 12.8 Å². The Labute approximate surface area is 437 Å². The number of aliphatic carboxylic acids is 1. The molecule has 0 aromatic heterocycles. The van der Waals surface area contributed by atoms with Crippen LogP contribution in [0.3, 0.4) is 0 Å². The Hall–Kier alpha value is -3.01. The summed E-state index contributed by atoms with van der Waals surface area (Å²) < 4.78 is 22.9. The smallest absolute Gasteiger partial charge is 0.361 e. The van der Waals surface area contributed by atoms with E-state index in [9.17, 15) is 19.5 Å². The number of carbonyl (C=O) groups excluding carboxylic acids is 2. The Balaban J connectivity index is 4.23. The van der Waals surface area contributed by atoms with Crippen LogP contribution in [0, 0.1) is 0 Å². The molecule has 0 aliphatic heterocycles. The SMILES string of the molecule is CC/C=C\C/C=C\C/C=C\C/C=C\C/C=C\CCCCCCCCCCCCCC(=O)OC(COC(=O)CCCCCCCCCCCCCCCCCCCCC)COC(OCC[N+](C)(C)C)C(=O)O. The molecule has 9 nitrogen and oxygen atoms in total. The zero-order valence-electron chi connectivity index (χ0n) is 46.9. The highest BCUT2D eigenvalue weighted by molar-refractivity contribution is 5.71. The molecule has 0 aliphatic carbocycles. The lowest BCUT2D eigenvalue weighted by molar-refractivity contribution is -0.870. The number of unbranched alkanes of at least 4 members (excludes halogenated alkanes) is 29. The Morgan fingerprint density at radius 1 is 0.437 bits per heavy atom. The van der Waals surface area contributed by atoms with Crippen LogP contribution in [-0.2, 0) is 33.3 Å². The van der Waals surface area contributed by atoms with E-state index in [1.807, 2.05) is 21.1 Å². The lowest BCUT2D eigenvalue weighted by Gasteiger charge is -2.25. The minimum absolute atomic E-state index is 0.181. The van der Waals surface area contributed by atoms with E-state index in [1.54, 1.807) is 0 Å². The number of hydrogen-bond acceptors (Lipinski definition) is 7. The molecule has 412 valence electrons. The molecule has 1 N–H and O–H groups in total.